The number of nitro groups is 1. The van der Waals surface area contributed by atoms with Crippen molar-refractivity contribution in [2.24, 2.45) is 0 Å². The van der Waals surface area contributed by atoms with Gasteiger partial charge in [0.1, 0.15) is 0 Å². The van der Waals surface area contributed by atoms with Gasteiger partial charge in [-0.1, -0.05) is 0 Å². The Morgan fingerprint density at radius 2 is 1.76 bits per heavy atom. The van der Waals surface area contributed by atoms with E-state index in [9.17, 15) is 32.9 Å². The number of aliphatic carboxylic acids is 1. The molecule has 0 aliphatic carbocycles. The van der Waals surface area contributed by atoms with E-state index in [1.807, 2.05) is 50.4 Å². The van der Waals surface area contributed by atoms with Gasteiger partial charge in [0.25, 0.3) is 0 Å². The molecular weight excluding hydrogens is 656 g/mol. The minimum absolute atomic E-state index is 0.0182. The van der Waals surface area contributed by atoms with Crippen LogP contribution in [0.3, 0.4) is 0 Å². The van der Waals surface area contributed by atoms with Crippen molar-refractivity contribution in [3.63, 3.8) is 0 Å². The van der Waals surface area contributed by atoms with Gasteiger partial charge in [0.2, 0.25) is 0 Å². The molecule has 0 saturated carbocycles. The van der Waals surface area contributed by atoms with Gasteiger partial charge in [-0.3, -0.25) is 0 Å². The number of nitrogens with zero attached hydrogens (tertiary/aromatic N) is 2. The molecule has 4 aromatic rings. The second kappa shape index (κ2) is 16.2. The SMILES string of the molecule is CCC(=O)CCCCC[C@H]([AsH]C(=O)Cc1c(C)[nH]c2ccc([N+](=O)[O-])cc12)c1ncc(-c2ccccc2)[nH]1.O=C(O)C(F)(F)F. The van der Waals surface area contributed by atoms with E-state index in [4.69, 9.17) is 9.90 Å². The van der Waals surface area contributed by atoms with Gasteiger partial charge in [0.15, 0.2) is 0 Å². The molecule has 2 heterocycles. The number of carboxylic acid groups (broad SMARTS) is 1. The second-order valence-electron chi connectivity index (χ2n) is 10.4. The number of halogens is 3. The molecular formula is C31H34AsF3N4O6. The molecule has 2 aromatic heterocycles. The number of H-pyrrole nitrogens is 2. The third-order valence-corrected chi connectivity index (χ3v) is 10.0. The number of aromatic amines is 2. The van der Waals surface area contributed by atoms with Crippen LogP contribution < -0.4 is 0 Å². The van der Waals surface area contributed by atoms with Gasteiger partial charge >= 0.3 is 241 Å². The number of fused-ring (bicyclic) bond motifs is 1. The van der Waals surface area contributed by atoms with E-state index >= 15 is 0 Å². The summed E-state index contributed by atoms with van der Waals surface area (Å²) >= 11 is -1.09. The number of rotatable bonds is 14. The maximum Gasteiger partial charge on any atom is 0.490 e. The Morgan fingerprint density at radius 3 is 2.38 bits per heavy atom. The van der Waals surface area contributed by atoms with Gasteiger partial charge in [0, 0.05) is 0 Å². The van der Waals surface area contributed by atoms with Crippen LogP contribution in [0.4, 0.5) is 18.9 Å². The van der Waals surface area contributed by atoms with E-state index < -0.39 is 32.8 Å². The molecule has 2 aromatic carbocycles. The zero-order chi connectivity index (χ0) is 33.1. The number of Topliss-reactive ketones (excluding diaryl/α,β-unsaturated/α-hetero) is 1. The Hall–Kier alpha value is -4.25. The fourth-order valence-electron chi connectivity index (χ4n) is 4.70. The molecule has 10 nitrogen and oxygen atoms in total. The van der Waals surface area contributed by atoms with Crippen molar-refractivity contribution in [2.45, 2.75) is 69.7 Å². The van der Waals surface area contributed by atoms with Gasteiger partial charge in [-0.15, -0.1) is 0 Å². The number of nitrogens with one attached hydrogen (secondary N) is 2. The summed E-state index contributed by atoms with van der Waals surface area (Å²) in [7, 11) is 0. The number of non-ortho nitro benzene ring substituents is 1. The van der Waals surface area contributed by atoms with Crippen LogP contribution in [0.2, 0.25) is 0 Å². The standard InChI is InChI=1S/C29H33AsN4O4.C2HF3O2/c1-3-22(35)12-8-5-9-13-25(29-31-18-27(33-29)20-10-6-4-7-11-20)30-28(36)17-23-19(2)32-26-15-14-21(34(37)38)16-24(23)26;3-2(4,5)1(6)7/h4,6-7,10-11,14-16,18,25,30,32H,3,5,8-9,12-13,17H2,1-2H3,(H,31,33);(H,6,7)/t25-;/m0./s1. The molecule has 0 bridgehead atoms. The number of carbonyl (C=O) groups is 3. The van der Waals surface area contributed by atoms with E-state index in [1.165, 1.54) is 6.07 Å². The smallest absolute Gasteiger partial charge is 0.475 e. The molecule has 3 N–H and O–H groups in total. The van der Waals surface area contributed by atoms with Crippen molar-refractivity contribution in [3.8, 4) is 11.3 Å². The molecule has 4 rings (SSSR count). The fraction of sp³-hybridized carbons (Fsp3) is 0.355. The van der Waals surface area contributed by atoms with Gasteiger partial charge < -0.3 is 5.11 Å². The van der Waals surface area contributed by atoms with Crippen molar-refractivity contribution in [1.82, 2.24) is 15.0 Å². The first-order chi connectivity index (χ1) is 21.3. The zero-order valence-corrected chi connectivity index (χ0v) is 26.8. The predicted octanol–water partition coefficient (Wildman–Crippen LogP) is 6.58. The van der Waals surface area contributed by atoms with Crippen molar-refractivity contribution in [2.75, 3.05) is 0 Å². The number of aromatic nitrogens is 3. The average Bonchev–Trinajstić information content (AvgIpc) is 3.61. The van der Waals surface area contributed by atoms with Crippen LogP contribution in [0.1, 0.15) is 67.2 Å². The minimum Gasteiger partial charge on any atom is -0.475 e. The summed E-state index contributed by atoms with van der Waals surface area (Å²) in [6.07, 6.45) is 1.77. The third-order valence-electron chi connectivity index (χ3n) is 7.08. The van der Waals surface area contributed by atoms with Crippen LogP contribution in [-0.2, 0) is 20.8 Å². The van der Waals surface area contributed by atoms with Crippen molar-refractivity contribution < 1.29 is 37.6 Å². The first kappa shape index (κ1) is 35.2. The molecule has 0 saturated heterocycles. The molecule has 240 valence electrons. The van der Waals surface area contributed by atoms with E-state index in [0.717, 1.165) is 64.9 Å². The van der Waals surface area contributed by atoms with Crippen molar-refractivity contribution >= 4 is 48.7 Å². The van der Waals surface area contributed by atoms with Gasteiger partial charge in [-0.2, -0.15) is 13.2 Å². The maximum absolute atomic E-state index is 13.4. The van der Waals surface area contributed by atoms with Gasteiger partial charge in [0.05, 0.1) is 0 Å². The number of carboxylic acids is 1. The predicted molar refractivity (Wildman–Crippen MR) is 164 cm³/mol. The molecule has 0 fully saturated rings. The number of hydrogen-bond donors (Lipinski definition) is 3. The topological polar surface area (TPSA) is 159 Å². The van der Waals surface area contributed by atoms with Crippen molar-refractivity contribution in [3.05, 3.63) is 81.9 Å². The molecule has 0 amide bonds. The number of imidazole rings is 1. The summed E-state index contributed by atoms with van der Waals surface area (Å²) in [6.45, 7) is 3.80. The number of aryl methyl sites for hydroxylation is 1. The number of nitro benzene ring substituents is 1. The van der Waals surface area contributed by atoms with Crippen LogP contribution in [0.15, 0.2) is 54.7 Å². The summed E-state index contributed by atoms with van der Waals surface area (Å²) in [5.41, 5.74) is 4.49. The van der Waals surface area contributed by atoms with Crippen LogP contribution in [0.5, 0.6) is 0 Å². The number of hydrogen-bond acceptors (Lipinski definition) is 6. The molecule has 45 heavy (non-hydrogen) atoms. The monoisotopic (exact) mass is 690 g/mol. The number of benzene rings is 2. The Kier molecular flexibility index (Phi) is 12.7. The van der Waals surface area contributed by atoms with Gasteiger partial charge in [-0.25, -0.2) is 4.79 Å². The van der Waals surface area contributed by atoms with E-state index in [-0.39, 0.29) is 27.2 Å². The normalized spacial score (nSPS) is 12.2. The van der Waals surface area contributed by atoms with Gasteiger partial charge in [-0.05, 0) is 0 Å². The number of ketones is 1. The number of alkyl halides is 3. The van der Waals surface area contributed by atoms with Crippen LogP contribution in [0.25, 0.3) is 22.2 Å². The Labute approximate surface area is 263 Å². The first-order valence-electron chi connectivity index (χ1n) is 14.3. The summed E-state index contributed by atoms with van der Waals surface area (Å²) in [4.78, 5) is 56.2. The Morgan fingerprint density at radius 1 is 1.07 bits per heavy atom. The minimum atomic E-state index is -5.08. The second-order valence-corrected chi connectivity index (χ2v) is 13.6. The maximum atomic E-state index is 13.4. The average molecular weight is 691 g/mol. The van der Waals surface area contributed by atoms with E-state index in [1.54, 1.807) is 12.1 Å². The zero-order valence-electron chi connectivity index (χ0n) is 24.7. The molecule has 0 aliphatic heterocycles. The largest absolute Gasteiger partial charge is 0.490 e. The Balaban J connectivity index is 0.000000707. The summed E-state index contributed by atoms with van der Waals surface area (Å²) < 4.78 is 32.0. The van der Waals surface area contributed by atoms with Crippen molar-refractivity contribution in [1.29, 1.82) is 0 Å². The molecule has 14 heteroatoms. The van der Waals surface area contributed by atoms with E-state index in [0.29, 0.717) is 12.8 Å². The molecule has 2 atom stereocenters. The summed E-state index contributed by atoms with van der Waals surface area (Å²) in [5.74, 6) is -1.63. The Bertz CT molecular complexity index is 1640. The third kappa shape index (κ3) is 10.4. The molecule has 1 unspecified atom stereocenters. The van der Waals surface area contributed by atoms with Crippen LogP contribution >= 0.6 is 0 Å². The molecule has 0 spiro atoms. The first-order valence-corrected chi connectivity index (χ1v) is 16.5. The quantitative estimate of drug-likeness (QED) is 0.0583. The van der Waals surface area contributed by atoms with Crippen LogP contribution in [0, 0.1) is 17.0 Å². The van der Waals surface area contributed by atoms with E-state index in [2.05, 4.69) is 15.0 Å². The molecule has 0 radical (unpaired) electrons. The number of unbranched alkanes of at least 4 members (excludes halogenated alkanes) is 2. The summed E-state index contributed by atoms with van der Waals surface area (Å²) in [5, 5.41) is 19.2. The number of carbonyl (C=O) groups excluding carboxylic acids is 2. The van der Waals surface area contributed by atoms with Crippen LogP contribution in [-0.4, -0.2) is 63.2 Å². The fourth-order valence-corrected chi connectivity index (χ4v) is 7.42. The molecule has 0 aliphatic rings. The summed E-state index contributed by atoms with van der Waals surface area (Å²) in [6, 6.07) is 14.7.